The molecule has 1 heterocycles. The first-order valence-electron chi connectivity index (χ1n) is 5.35. The lowest BCUT2D eigenvalue weighted by Crippen LogP contribution is -2.15. The maximum atomic E-state index is 13.6. The molecule has 0 aliphatic heterocycles. The molecule has 2 aromatic rings. The van der Waals surface area contributed by atoms with Crippen molar-refractivity contribution < 1.29 is 18.5 Å². The fourth-order valence-corrected chi connectivity index (χ4v) is 1.59. The molecule has 2 rings (SSSR count). The summed E-state index contributed by atoms with van der Waals surface area (Å²) in [7, 11) is 0. The van der Waals surface area contributed by atoms with Gasteiger partial charge in [0.05, 0.1) is 22.7 Å². The first kappa shape index (κ1) is 13.6. The molecule has 0 aliphatic carbocycles. The summed E-state index contributed by atoms with van der Waals surface area (Å²) in [5, 5.41) is 18.9. The molecule has 0 spiro atoms. The van der Waals surface area contributed by atoms with Crippen LogP contribution in [0.3, 0.4) is 0 Å². The summed E-state index contributed by atoms with van der Waals surface area (Å²) >= 11 is 0. The van der Waals surface area contributed by atoms with Gasteiger partial charge in [-0.05, 0) is 6.92 Å². The molecule has 1 aromatic carbocycles. The number of hydrogen-bond donors (Lipinski definition) is 2. The van der Waals surface area contributed by atoms with Gasteiger partial charge in [0.25, 0.3) is 11.6 Å². The third kappa shape index (κ3) is 2.46. The smallest absolute Gasteiger partial charge is 0.298 e. The average molecular weight is 282 g/mol. The van der Waals surface area contributed by atoms with Gasteiger partial charge in [-0.3, -0.25) is 20.0 Å². The van der Waals surface area contributed by atoms with E-state index in [1.165, 1.54) is 6.20 Å². The minimum Gasteiger partial charge on any atom is -0.314 e. The Balaban J connectivity index is 2.41. The SMILES string of the molecule is Cc1[nH]ncc1C(=O)Nc1c(F)cc(F)cc1[N+](=O)[O-]. The van der Waals surface area contributed by atoms with E-state index < -0.39 is 33.8 Å². The zero-order valence-corrected chi connectivity index (χ0v) is 10.1. The van der Waals surface area contributed by atoms with E-state index in [-0.39, 0.29) is 5.56 Å². The van der Waals surface area contributed by atoms with E-state index in [0.717, 1.165) is 0 Å². The van der Waals surface area contributed by atoms with Crippen molar-refractivity contribution in [2.45, 2.75) is 6.92 Å². The summed E-state index contributed by atoms with van der Waals surface area (Å²) < 4.78 is 26.6. The maximum Gasteiger partial charge on any atom is 0.298 e. The van der Waals surface area contributed by atoms with Gasteiger partial charge in [0, 0.05) is 11.8 Å². The monoisotopic (exact) mass is 282 g/mol. The Morgan fingerprint density at radius 3 is 2.70 bits per heavy atom. The van der Waals surface area contributed by atoms with Crippen molar-refractivity contribution >= 4 is 17.3 Å². The first-order valence-corrected chi connectivity index (χ1v) is 5.35. The highest BCUT2D eigenvalue weighted by Gasteiger charge is 2.23. The Bertz CT molecular complexity index is 699. The summed E-state index contributed by atoms with van der Waals surface area (Å²) in [6.07, 6.45) is 1.19. The number of nitrogens with zero attached hydrogens (tertiary/aromatic N) is 2. The van der Waals surface area contributed by atoms with Crippen LogP contribution in [0.15, 0.2) is 18.3 Å². The zero-order chi connectivity index (χ0) is 14.9. The van der Waals surface area contributed by atoms with Crippen molar-refractivity contribution in [3.8, 4) is 0 Å². The van der Waals surface area contributed by atoms with Crippen molar-refractivity contribution in [1.29, 1.82) is 0 Å². The molecule has 1 amide bonds. The van der Waals surface area contributed by atoms with Gasteiger partial charge in [-0.1, -0.05) is 0 Å². The van der Waals surface area contributed by atoms with Crippen LogP contribution in [0, 0.1) is 28.7 Å². The number of aryl methyl sites for hydroxylation is 1. The van der Waals surface area contributed by atoms with Gasteiger partial charge in [-0.15, -0.1) is 0 Å². The van der Waals surface area contributed by atoms with Gasteiger partial charge in [-0.2, -0.15) is 5.10 Å². The number of nitro groups is 1. The van der Waals surface area contributed by atoms with Crippen molar-refractivity contribution in [3.05, 3.63) is 51.3 Å². The van der Waals surface area contributed by atoms with Crippen LogP contribution in [0.5, 0.6) is 0 Å². The highest BCUT2D eigenvalue weighted by molar-refractivity contribution is 6.06. The van der Waals surface area contributed by atoms with Crippen LogP contribution in [0.25, 0.3) is 0 Å². The third-order valence-corrected chi connectivity index (χ3v) is 2.54. The first-order chi connectivity index (χ1) is 9.40. The summed E-state index contributed by atoms with van der Waals surface area (Å²) in [5.41, 5.74) is -1.05. The summed E-state index contributed by atoms with van der Waals surface area (Å²) in [6.45, 7) is 1.55. The summed E-state index contributed by atoms with van der Waals surface area (Å²) in [4.78, 5) is 21.6. The van der Waals surface area contributed by atoms with Crippen LogP contribution < -0.4 is 5.32 Å². The Labute approximate surface area is 110 Å². The summed E-state index contributed by atoms with van der Waals surface area (Å²) in [5.74, 6) is -3.12. The molecule has 0 radical (unpaired) electrons. The predicted octanol–water partition coefficient (Wildman–Crippen LogP) is 2.16. The number of H-pyrrole nitrogens is 1. The van der Waals surface area contributed by atoms with Crippen LogP contribution >= 0.6 is 0 Å². The number of anilines is 1. The lowest BCUT2D eigenvalue weighted by atomic mass is 10.2. The van der Waals surface area contributed by atoms with E-state index in [1.54, 1.807) is 6.92 Å². The minimum atomic E-state index is -1.23. The topological polar surface area (TPSA) is 101 Å². The van der Waals surface area contributed by atoms with Crippen molar-refractivity contribution in [3.63, 3.8) is 0 Å². The fourth-order valence-electron chi connectivity index (χ4n) is 1.59. The van der Waals surface area contributed by atoms with Crippen LogP contribution in [0.4, 0.5) is 20.2 Å². The van der Waals surface area contributed by atoms with Gasteiger partial charge in [0.15, 0.2) is 11.5 Å². The van der Waals surface area contributed by atoms with Gasteiger partial charge >= 0.3 is 0 Å². The molecular weight excluding hydrogens is 274 g/mol. The van der Waals surface area contributed by atoms with Crippen molar-refractivity contribution in [2.75, 3.05) is 5.32 Å². The largest absolute Gasteiger partial charge is 0.314 e. The molecule has 1 aromatic heterocycles. The number of halogens is 2. The molecule has 0 unspecified atom stereocenters. The molecule has 0 saturated heterocycles. The molecule has 7 nitrogen and oxygen atoms in total. The second-order valence-electron chi connectivity index (χ2n) is 3.90. The Morgan fingerprint density at radius 2 is 2.15 bits per heavy atom. The van der Waals surface area contributed by atoms with E-state index >= 15 is 0 Å². The molecule has 0 saturated carbocycles. The molecule has 20 heavy (non-hydrogen) atoms. The maximum absolute atomic E-state index is 13.6. The van der Waals surface area contributed by atoms with Crippen LogP contribution in [0.2, 0.25) is 0 Å². The van der Waals surface area contributed by atoms with Crippen LogP contribution in [-0.4, -0.2) is 21.0 Å². The molecule has 104 valence electrons. The number of amides is 1. The van der Waals surface area contributed by atoms with E-state index in [2.05, 4.69) is 10.2 Å². The van der Waals surface area contributed by atoms with Gasteiger partial charge in [0.2, 0.25) is 0 Å². The number of hydrogen-bond acceptors (Lipinski definition) is 4. The van der Waals surface area contributed by atoms with Gasteiger partial charge < -0.3 is 5.32 Å². The van der Waals surface area contributed by atoms with E-state index in [4.69, 9.17) is 0 Å². The number of carbonyl (C=O) groups excluding carboxylic acids is 1. The Hall–Kier alpha value is -2.84. The highest BCUT2D eigenvalue weighted by atomic mass is 19.1. The lowest BCUT2D eigenvalue weighted by Gasteiger charge is -2.06. The normalized spacial score (nSPS) is 10.3. The number of carbonyl (C=O) groups is 1. The molecule has 0 fully saturated rings. The van der Waals surface area contributed by atoms with Crippen LogP contribution in [0.1, 0.15) is 16.1 Å². The number of aromatic nitrogens is 2. The third-order valence-electron chi connectivity index (χ3n) is 2.54. The molecule has 0 aliphatic rings. The molecule has 9 heteroatoms. The quantitative estimate of drug-likeness (QED) is 0.665. The second-order valence-corrected chi connectivity index (χ2v) is 3.90. The number of nitrogens with one attached hydrogen (secondary N) is 2. The van der Waals surface area contributed by atoms with Crippen molar-refractivity contribution in [2.24, 2.45) is 0 Å². The highest BCUT2D eigenvalue weighted by Crippen LogP contribution is 2.29. The lowest BCUT2D eigenvalue weighted by molar-refractivity contribution is -0.384. The standard InChI is InChI=1S/C11H8F2N4O3/c1-5-7(4-14-16-5)11(18)15-10-8(13)2-6(12)3-9(10)17(19)20/h2-4H,1H3,(H,14,16)(H,15,18). The fraction of sp³-hybridized carbons (Fsp3) is 0.0909. The molecule has 0 bridgehead atoms. The Kier molecular flexibility index (Phi) is 3.42. The number of rotatable bonds is 3. The molecule has 0 atom stereocenters. The van der Waals surface area contributed by atoms with Crippen LogP contribution in [-0.2, 0) is 0 Å². The minimum absolute atomic E-state index is 0.100. The molecule has 2 N–H and O–H groups in total. The summed E-state index contributed by atoms with van der Waals surface area (Å²) in [6, 6.07) is 0.978. The second kappa shape index (κ2) is 5.03. The van der Waals surface area contributed by atoms with Gasteiger partial charge in [-0.25, -0.2) is 8.78 Å². The zero-order valence-electron chi connectivity index (χ0n) is 10.1. The number of aromatic amines is 1. The number of benzene rings is 1. The predicted molar refractivity (Wildman–Crippen MR) is 64.3 cm³/mol. The average Bonchev–Trinajstić information content (AvgIpc) is 2.78. The Morgan fingerprint density at radius 1 is 1.45 bits per heavy atom. The van der Waals surface area contributed by atoms with Crippen molar-refractivity contribution in [1.82, 2.24) is 10.2 Å². The van der Waals surface area contributed by atoms with Gasteiger partial charge in [0.1, 0.15) is 5.82 Å². The van der Waals surface area contributed by atoms with E-state index in [9.17, 15) is 23.7 Å². The van der Waals surface area contributed by atoms with E-state index in [1.807, 2.05) is 5.32 Å². The van der Waals surface area contributed by atoms with E-state index in [0.29, 0.717) is 17.8 Å². The number of nitro benzene ring substituents is 1. The molecular formula is C11H8F2N4O3.